The van der Waals surface area contributed by atoms with Gasteiger partial charge in [0.1, 0.15) is 23.8 Å². The second kappa shape index (κ2) is 7.85. The van der Waals surface area contributed by atoms with E-state index in [1.807, 2.05) is 0 Å². The molecule has 2 aromatic carbocycles. The van der Waals surface area contributed by atoms with E-state index in [-0.39, 0.29) is 25.0 Å². The first-order valence-electron chi connectivity index (χ1n) is 9.69. The SMILES string of the molecule is C=C1N[C@@]2(c3c(F)cc(F)c(F)c3F)CN(C(=O)OCc3ccccc3)C[C@H]2C(=O)N1C. The molecule has 2 aliphatic rings. The van der Waals surface area contributed by atoms with E-state index in [1.54, 1.807) is 30.3 Å². The largest absolute Gasteiger partial charge is 0.445 e. The van der Waals surface area contributed by atoms with Crippen LogP contribution in [0.1, 0.15) is 11.1 Å². The highest BCUT2D eigenvalue weighted by molar-refractivity contribution is 5.85. The molecule has 2 amide bonds. The molecule has 2 fully saturated rings. The Labute approximate surface area is 181 Å². The van der Waals surface area contributed by atoms with E-state index < -0.39 is 58.8 Å². The van der Waals surface area contributed by atoms with Crippen LogP contribution in [0.15, 0.2) is 48.8 Å². The Hall–Kier alpha value is -3.56. The van der Waals surface area contributed by atoms with Gasteiger partial charge in [-0.1, -0.05) is 36.9 Å². The number of hydrogen-bond donors (Lipinski definition) is 1. The number of nitrogens with zero attached hydrogens (tertiary/aromatic N) is 2. The fraction of sp³-hybridized carbons (Fsp3) is 0.273. The van der Waals surface area contributed by atoms with Gasteiger partial charge in [-0.05, 0) is 5.56 Å². The minimum absolute atomic E-state index is 0.00529. The summed E-state index contributed by atoms with van der Waals surface area (Å²) in [4.78, 5) is 27.9. The van der Waals surface area contributed by atoms with E-state index in [9.17, 15) is 27.2 Å². The van der Waals surface area contributed by atoms with Crippen LogP contribution in [0.4, 0.5) is 22.4 Å². The van der Waals surface area contributed by atoms with Gasteiger partial charge in [0.15, 0.2) is 17.5 Å². The summed E-state index contributed by atoms with van der Waals surface area (Å²) in [6.07, 6.45) is -0.825. The molecule has 2 saturated heterocycles. The Morgan fingerprint density at radius 1 is 1.19 bits per heavy atom. The van der Waals surface area contributed by atoms with Crippen LogP contribution in [-0.4, -0.2) is 41.9 Å². The minimum Gasteiger partial charge on any atom is -0.445 e. The van der Waals surface area contributed by atoms with Crippen LogP contribution in [0.25, 0.3) is 0 Å². The molecular weight excluding hydrogens is 430 g/mol. The van der Waals surface area contributed by atoms with Crippen LogP contribution < -0.4 is 5.32 Å². The van der Waals surface area contributed by atoms with Gasteiger partial charge < -0.3 is 19.9 Å². The Bertz CT molecular complexity index is 1110. The quantitative estimate of drug-likeness (QED) is 0.444. The molecule has 0 aromatic heterocycles. The summed E-state index contributed by atoms with van der Waals surface area (Å²) in [5.74, 6) is -8.53. The van der Waals surface area contributed by atoms with Crippen LogP contribution in [0.2, 0.25) is 0 Å². The normalized spacial score (nSPS) is 22.6. The fourth-order valence-electron chi connectivity index (χ4n) is 4.22. The molecule has 6 nitrogen and oxygen atoms in total. The maximum atomic E-state index is 14.8. The molecule has 0 saturated carbocycles. The van der Waals surface area contributed by atoms with Crippen molar-refractivity contribution >= 4 is 12.0 Å². The zero-order chi connectivity index (χ0) is 23.2. The highest BCUT2D eigenvalue weighted by atomic mass is 19.2. The Kier molecular flexibility index (Phi) is 5.31. The third-order valence-corrected chi connectivity index (χ3v) is 5.86. The molecule has 10 heteroatoms. The van der Waals surface area contributed by atoms with Gasteiger partial charge in [0.2, 0.25) is 5.91 Å². The molecule has 0 radical (unpaired) electrons. The van der Waals surface area contributed by atoms with E-state index in [1.165, 1.54) is 7.05 Å². The monoisotopic (exact) mass is 449 g/mol. The molecule has 32 heavy (non-hydrogen) atoms. The van der Waals surface area contributed by atoms with Crippen molar-refractivity contribution in [3.05, 3.63) is 83.2 Å². The van der Waals surface area contributed by atoms with Crippen molar-refractivity contribution in [2.24, 2.45) is 5.92 Å². The molecule has 2 heterocycles. The van der Waals surface area contributed by atoms with Gasteiger partial charge in [-0.3, -0.25) is 4.79 Å². The van der Waals surface area contributed by atoms with Gasteiger partial charge in [-0.2, -0.15) is 0 Å². The summed E-state index contributed by atoms with van der Waals surface area (Å²) in [5.41, 5.74) is -2.05. The Morgan fingerprint density at radius 2 is 1.88 bits per heavy atom. The maximum absolute atomic E-state index is 14.8. The highest BCUT2D eigenvalue weighted by Gasteiger charge is 2.59. The molecule has 2 aromatic rings. The van der Waals surface area contributed by atoms with E-state index in [2.05, 4.69) is 11.9 Å². The first-order valence-corrected chi connectivity index (χ1v) is 9.69. The number of likely N-dealkylation sites (tertiary alicyclic amines) is 1. The molecule has 0 aliphatic carbocycles. The number of nitrogens with one attached hydrogen (secondary N) is 1. The lowest BCUT2D eigenvalue weighted by Crippen LogP contribution is -2.61. The van der Waals surface area contributed by atoms with Crippen LogP contribution in [-0.2, 0) is 21.7 Å². The van der Waals surface area contributed by atoms with Crippen molar-refractivity contribution in [1.82, 2.24) is 15.1 Å². The number of fused-ring (bicyclic) bond motifs is 1. The number of ether oxygens (including phenoxy) is 1. The molecule has 4 rings (SSSR count). The predicted octanol–water partition coefficient (Wildman–Crippen LogP) is 3.24. The zero-order valence-corrected chi connectivity index (χ0v) is 17.0. The standard InChI is InChI=1S/C22H19F4N3O3/c1-12-27-22(17-15(23)8-16(24)18(25)19(17)26)11-29(9-14(22)20(30)28(12)2)21(31)32-10-13-6-4-3-5-7-13/h3-8,14,27H,1,9-11H2,2H3/t14-,22-/m0/s1. The van der Waals surface area contributed by atoms with Crippen molar-refractivity contribution in [2.75, 3.05) is 20.1 Å². The summed E-state index contributed by atoms with van der Waals surface area (Å²) >= 11 is 0. The van der Waals surface area contributed by atoms with Gasteiger partial charge in [-0.15, -0.1) is 0 Å². The number of hydrogen-bond acceptors (Lipinski definition) is 4. The van der Waals surface area contributed by atoms with Crippen molar-refractivity contribution in [2.45, 2.75) is 12.1 Å². The van der Waals surface area contributed by atoms with Crippen LogP contribution in [0.3, 0.4) is 0 Å². The van der Waals surface area contributed by atoms with Gasteiger partial charge >= 0.3 is 6.09 Å². The third-order valence-electron chi connectivity index (χ3n) is 5.86. The first kappa shape index (κ1) is 21.7. The van der Waals surface area contributed by atoms with E-state index in [0.717, 1.165) is 9.80 Å². The second-order valence-corrected chi connectivity index (χ2v) is 7.76. The van der Waals surface area contributed by atoms with Gasteiger partial charge in [0, 0.05) is 19.7 Å². The summed E-state index contributed by atoms with van der Waals surface area (Å²) in [5, 5.41) is 2.77. The summed E-state index contributed by atoms with van der Waals surface area (Å²) in [6.45, 7) is 2.93. The predicted molar refractivity (Wildman–Crippen MR) is 105 cm³/mol. The molecule has 0 spiro atoms. The van der Waals surface area contributed by atoms with Crippen molar-refractivity contribution < 1.29 is 31.9 Å². The number of carbonyl (C=O) groups excluding carboxylic acids is 2. The maximum Gasteiger partial charge on any atom is 0.410 e. The zero-order valence-electron chi connectivity index (χ0n) is 17.0. The first-order chi connectivity index (χ1) is 15.2. The van der Waals surface area contributed by atoms with Crippen LogP contribution in [0, 0.1) is 29.2 Å². The lowest BCUT2D eigenvalue weighted by atomic mass is 9.77. The van der Waals surface area contributed by atoms with Gasteiger partial charge in [0.25, 0.3) is 0 Å². The fourth-order valence-corrected chi connectivity index (χ4v) is 4.22. The van der Waals surface area contributed by atoms with Crippen molar-refractivity contribution in [3.8, 4) is 0 Å². The van der Waals surface area contributed by atoms with Crippen molar-refractivity contribution in [3.63, 3.8) is 0 Å². The number of benzene rings is 2. The molecule has 2 atom stereocenters. The minimum atomic E-state index is -1.89. The number of amides is 2. The second-order valence-electron chi connectivity index (χ2n) is 7.76. The molecule has 2 aliphatic heterocycles. The lowest BCUT2D eigenvalue weighted by Gasteiger charge is -2.44. The number of halogens is 4. The number of carbonyl (C=O) groups is 2. The molecular formula is C22H19F4N3O3. The third kappa shape index (κ3) is 3.35. The smallest absolute Gasteiger partial charge is 0.410 e. The van der Waals surface area contributed by atoms with Gasteiger partial charge in [-0.25, -0.2) is 22.4 Å². The van der Waals surface area contributed by atoms with Crippen LogP contribution in [0.5, 0.6) is 0 Å². The highest BCUT2D eigenvalue weighted by Crippen LogP contribution is 2.44. The molecule has 0 unspecified atom stereocenters. The van der Waals surface area contributed by atoms with Crippen LogP contribution >= 0.6 is 0 Å². The van der Waals surface area contributed by atoms with E-state index >= 15 is 0 Å². The molecule has 0 bridgehead atoms. The average Bonchev–Trinajstić information content (AvgIpc) is 3.15. The van der Waals surface area contributed by atoms with Gasteiger partial charge in [0.05, 0.1) is 18.0 Å². The lowest BCUT2D eigenvalue weighted by molar-refractivity contribution is -0.137. The van der Waals surface area contributed by atoms with E-state index in [0.29, 0.717) is 5.56 Å². The molecule has 1 N–H and O–H groups in total. The topological polar surface area (TPSA) is 61.9 Å². The van der Waals surface area contributed by atoms with E-state index in [4.69, 9.17) is 4.74 Å². The Morgan fingerprint density at radius 3 is 2.56 bits per heavy atom. The summed E-state index contributed by atoms with van der Waals surface area (Å²) < 4.78 is 62.5. The summed E-state index contributed by atoms with van der Waals surface area (Å²) in [7, 11) is 1.40. The Balaban J connectivity index is 1.71. The molecule has 168 valence electrons. The van der Waals surface area contributed by atoms with Crippen molar-refractivity contribution in [1.29, 1.82) is 0 Å². The summed E-state index contributed by atoms with van der Waals surface area (Å²) in [6, 6.07) is 9.03. The average molecular weight is 449 g/mol. The number of rotatable bonds is 3.